The first kappa shape index (κ1) is 29.1. The molecule has 0 radical (unpaired) electrons. The molecule has 0 nitrogen and oxygen atoms in total. The van der Waals surface area contributed by atoms with Gasteiger partial charge in [-0.15, -0.1) is 17.0 Å². The maximum Gasteiger partial charge on any atom is 0.0594 e. The predicted molar refractivity (Wildman–Crippen MR) is 126 cm³/mol. The van der Waals surface area contributed by atoms with Crippen LogP contribution in [0.2, 0.25) is 0 Å². The van der Waals surface area contributed by atoms with Gasteiger partial charge in [0, 0.05) is 7.26 Å². The van der Waals surface area contributed by atoms with E-state index in [9.17, 15) is 0 Å². The zero-order valence-corrected chi connectivity index (χ0v) is 20.9. The van der Waals surface area contributed by atoms with Gasteiger partial charge in [0.15, 0.2) is 0 Å². The monoisotopic (exact) mass is 429 g/mol. The van der Waals surface area contributed by atoms with Crippen molar-refractivity contribution >= 4 is 34.1 Å². The summed E-state index contributed by atoms with van der Waals surface area (Å²) >= 11 is 0. The molecule has 0 bridgehead atoms. The van der Waals surface area contributed by atoms with E-state index in [1.807, 2.05) is 0 Å². The third-order valence-corrected chi connectivity index (χ3v) is 10.0. The van der Waals surface area contributed by atoms with Crippen LogP contribution in [0.4, 0.5) is 0 Å². The molecule has 3 heteroatoms. The predicted octanol–water partition coefficient (Wildman–Crippen LogP) is 8.40. The maximum atomic E-state index is 2.37. The number of hydrogen-bond donors (Lipinski definition) is 0. The normalized spacial score (nSPS) is 11.0. The molecule has 0 rings (SSSR count). The van der Waals surface area contributed by atoms with Crippen molar-refractivity contribution in [3.8, 4) is 0 Å². The summed E-state index contributed by atoms with van der Waals surface area (Å²) < 4.78 is 0. The number of hydrogen-bond acceptors (Lipinski definition) is 0. The summed E-state index contributed by atoms with van der Waals surface area (Å²) in [6.45, 7) is 9.44. The Balaban J connectivity index is -0.00000200. The summed E-state index contributed by atoms with van der Waals surface area (Å²) in [6, 6.07) is 0. The Bertz CT molecular complexity index is 188. The fourth-order valence-electron chi connectivity index (χ4n) is 3.38. The highest BCUT2D eigenvalue weighted by Crippen LogP contribution is 2.61. The fourth-order valence-corrected chi connectivity index (χ4v) is 8.58. The molecule has 0 saturated heterocycles. The quantitative estimate of drug-likeness (QED) is 0.170. The Hall–Kier alpha value is 1.34. The van der Waals surface area contributed by atoms with E-state index < -0.39 is 7.26 Å². The second kappa shape index (κ2) is 21.4. The molecule has 0 amide bonds. The van der Waals surface area contributed by atoms with E-state index in [0.717, 1.165) is 0 Å². The molecule has 1 atom stereocenters. The van der Waals surface area contributed by atoms with Crippen LogP contribution < -0.4 is 0 Å². The molecule has 1 unspecified atom stereocenters. The van der Waals surface area contributed by atoms with Gasteiger partial charge in [-0.3, -0.25) is 0 Å². The van der Waals surface area contributed by atoms with E-state index in [0.29, 0.717) is 0 Å². The van der Waals surface area contributed by atoms with E-state index in [1.54, 1.807) is 24.6 Å². The van der Waals surface area contributed by atoms with E-state index in [2.05, 4.69) is 27.7 Å². The SMILES string of the molecule is Br.CCCCCCCC[P+](CCCC)(CCCC)CCCC.P. The van der Waals surface area contributed by atoms with Crippen LogP contribution >= 0.6 is 34.1 Å². The number of unbranched alkanes of at least 4 members (excludes halogenated alkanes) is 8. The Labute approximate surface area is 163 Å². The molecule has 23 heavy (non-hydrogen) atoms. The van der Waals surface area contributed by atoms with Crippen LogP contribution in [0.1, 0.15) is 105 Å². The molecule has 0 aliphatic rings. The van der Waals surface area contributed by atoms with Crippen LogP contribution in [0, 0.1) is 0 Å². The van der Waals surface area contributed by atoms with Gasteiger partial charge in [0.2, 0.25) is 0 Å². The maximum absolute atomic E-state index is 2.37. The highest BCUT2D eigenvalue weighted by atomic mass is 79.9. The van der Waals surface area contributed by atoms with E-state index >= 15 is 0 Å². The van der Waals surface area contributed by atoms with Crippen molar-refractivity contribution in [1.82, 2.24) is 0 Å². The second-order valence-corrected chi connectivity index (χ2v) is 11.5. The molecular weight excluding hydrogens is 382 g/mol. The smallest absolute Gasteiger partial charge is 0.0594 e. The van der Waals surface area contributed by atoms with Gasteiger partial charge >= 0.3 is 0 Å². The lowest BCUT2D eigenvalue weighted by molar-refractivity contribution is 0.624. The van der Waals surface area contributed by atoms with E-state index in [-0.39, 0.29) is 26.9 Å². The average Bonchev–Trinajstić information content (AvgIpc) is 2.51. The van der Waals surface area contributed by atoms with Crippen LogP contribution in [-0.2, 0) is 0 Å². The first-order valence-corrected chi connectivity index (χ1v) is 12.6. The molecule has 0 N–H and O–H groups in total. The number of halogens is 1. The fraction of sp³-hybridized carbons (Fsp3) is 1.00. The lowest BCUT2D eigenvalue weighted by atomic mass is 10.1. The van der Waals surface area contributed by atoms with Crippen molar-refractivity contribution in [2.24, 2.45) is 0 Å². The van der Waals surface area contributed by atoms with Crippen LogP contribution in [-0.4, -0.2) is 24.6 Å². The number of rotatable bonds is 16. The van der Waals surface area contributed by atoms with Crippen molar-refractivity contribution in [1.29, 1.82) is 0 Å². The molecule has 0 aromatic heterocycles. The van der Waals surface area contributed by atoms with Crippen LogP contribution in [0.25, 0.3) is 0 Å². The molecule has 0 saturated carbocycles. The van der Waals surface area contributed by atoms with Crippen molar-refractivity contribution in [2.75, 3.05) is 24.6 Å². The van der Waals surface area contributed by atoms with Crippen molar-refractivity contribution in [2.45, 2.75) is 105 Å². The molecule has 0 spiro atoms. The van der Waals surface area contributed by atoms with Gasteiger partial charge in [0.1, 0.15) is 0 Å². The van der Waals surface area contributed by atoms with E-state index in [4.69, 9.17) is 0 Å². The van der Waals surface area contributed by atoms with Gasteiger partial charge in [-0.05, 0) is 32.1 Å². The largest absolute Gasteiger partial charge is 0.153 e. The Morgan fingerprint density at radius 2 is 0.739 bits per heavy atom. The average molecular weight is 430 g/mol. The minimum absolute atomic E-state index is 0. The summed E-state index contributed by atoms with van der Waals surface area (Å²) in [5.74, 6) is 0. The first-order chi connectivity index (χ1) is 10.2. The van der Waals surface area contributed by atoms with Crippen molar-refractivity contribution < 1.29 is 0 Å². The third kappa shape index (κ3) is 16.6. The standard InChI is InChI=1S/C20H44P.BrH.H3P/c1-5-9-13-14-15-16-20-21(17-10-6-2,18-11-7-3)19-12-8-4;;/h5-20H2,1-4H3;1H;1H3/q+1;;. The van der Waals surface area contributed by atoms with Crippen LogP contribution in [0.15, 0.2) is 0 Å². The lowest BCUT2D eigenvalue weighted by Crippen LogP contribution is -2.13. The highest BCUT2D eigenvalue weighted by molar-refractivity contribution is 8.93. The summed E-state index contributed by atoms with van der Waals surface area (Å²) in [6.07, 6.45) is 24.0. The first-order valence-electron chi connectivity index (χ1n) is 10.1. The zero-order valence-electron chi connectivity index (χ0n) is 16.9. The second-order valence-electron chi connectivity index (χ2n) is 7.06. The van der Waals surface area contributed by atoms with Crippen molar-refractivity contribution in [3.05, 3.63) is 0 Å². The van der Waals surface area contributed by atoms with E-state index in [1.165, 1.54) is 77.0 Å². The molecule has 0 heterocycles. The zero-order chi connectivity index (χ0) is 15.8. The summed E-state index contributed by atoms with van der Waals surface area (Å²) in [7, 11) is -0.601. The lowest BCUT2D eigenvalue weighted by Gasteiger charge is -2.28. The summed E-state index contributed by atoms with van der Waals surface area (Å²) in [5.41, 5.74) is 0. The molecule has 0 fully saturated rings. The minimum atomic E-state index is -0.601. The van der Waals surface area contributed by atoms with Gasteiger partial charge in [0.05, 0.1) is 24.6 Å². The van der Waals surface area contributed by atoms with Crippen LogP contribution in [0.5, 0.6) is 0 Å². The van der Waals surface area contributed by atoms with Gasteiger partial charge in [-0.2, -0.15) is 9.90 Å². The van der Waals surface area contributed by atoms with Gasteiger partial charge < -0.3 is 0 Å². The molecule has 144 valence electrons. The molecular formula is C20H48BrP2+. The molecule has 0 aromatic rings. The van der Waals surface area contributed by atoms with Gasteiger partial charge in [-0.25, -0.2) is 0 Å². The molecule has 0 aromatic carbocycles. The Morgan fingerprint density at radius 1 is 0.435 bits per heavy atom. The Morgan fingerprint density at radius 3 is 1.13 bits per heavy atom. The minimum Gasteiger partial charge on any atom is -0.153 e. The summed E-state index contributed by atoms with van der Waals surface area (Å²) in [4.78, 5) is 0. The Kier molecular flexibility index (Phi) is 27.1. The summed E-state index contributed by atoms with van der Waals surface area (Å²) in [5, 5.41) is 0. The molecule has 0 aliphatic heterocycles. The van der Waals surface area contributed by atoms with Gasteiger partial charge in [0.25, 0.3) is 0 Å². The van der Waals surface area contributed by atoms with Crippen molar-refractivity contribution in [3.63, 3.8) is 0 Å². The van der Waals surface area contributed by atoms with Crippen LogP contribution in [0.3, 0.4) is 0 Å². The molecule has 0 aliphatic carbocycles. The highest BCUT2D eigenvalue weighted by Gasteiger charge is 2.34. The third-order valence-electron chi connectivity index (χ3n) is 4.94. The topological polar surface area (TPSA) is 0 Å². The van der Waals surface area contributed by atoms with Gasteiger partial charge in [-0.1, -0.05) is 72.6 Å².